The van der Waals surface area contributed by atoms with E-state index in [1.165, 1.54) is 4.90 Å². The zero-order valence-corrected chi connectivity index (χ0v) is 12.2. The lowest BCUT2D eigenvalue weighted by Gasteiger charge is -2.32. The van der Waals surface area contributed by atoms with Crippen molar-refractivity contribution in [1.29, 1.82) is 0 Å². The molecule has 2 N–H and O–H groups in total. The van der Waals surface area contributed by atoms with Crippen molar-refractivity contribution in [3.05, 3.63) is 29.8 Å². The minimum atomic E-state index is -0.930. The Kier molecular flexibility index (Phi) is 5.07. The normalized spacial score (nSPS) is 17.2. The number of amides is 2. The van der Waals surface area contributed by atoms with Crippen molar-refractivity contribution >= 4 is 17.5 Å². The van der Waals surface area contributed by atoms with Crippen molar-refractivity contribution in [2.24, 2.45) is 5.92 Å². The van der Waals surface area contributed by atoms with Crippen LogP contribution in [0.2, 0.25) is 0 Å². The molecule has 0 saturated carbocycles. The van der Waals surface area contributed by atoms with Crippen LogP contribution in [0.3, 0.4) is 0 Å². The largest absolute Gasteiger partial charge is 0.393 e. The monoisotopic (exact) mass is 312 g/mol. The third-order valence-electron chi connectivity index (χ3n) is 3.82. The summed E-state index contributed by atoms with van der Waals surface area (Å²) in [5.41, 5.74) is -0.102. The SMILES string of the molecule is CC(O)C1CCN(C(=O)C(=O)Nc2cc(F)cc(F)c2)CC1. The first-order valence-electron chi connectivity index (χ1n) is 7.11. The van der Waals surface area contributed by atoms with E-state index in [4.69, 9.17) is 0 Å². The smallest absolute Gasteiger partial charge is 0.313 e. The fourth-order valence-corrected chi connectivity index (χ4v) is 2.54. The molecule has 0 bridgehead atoms. The highest BCUT2D eigenvalue weighted by Gasteiger charge is 2.28. The molecule has 1 aromatic rings. The minimum absolute atomic E-state index is 0.102. The summed E-state index contributed by atoms with van der Waals surface area (Å²) in [6, 6.07) is 2.56. The van der Waals surface area contributed by atoms with Gasteiger partial charge >= 0.3 is 11.8 Å². The number of benzene rings is 1. The highest BCUT2D eigenvalue weighted by molar-refractivity contribution is 6.39. The Hall–Kier alpha value is -2.02. The number of piperidine rings is 1. The molecule has 2 amide bonds. The van der Waals surface area contributed by atoms with E-state index in [1.807, 2.05) is 0 Å². The number of nitrogens with one attached hydrogen (secondary N) is 1. The zero-order valence-electron chi connectivity index (χ0n) is 12.2. The first-order chi connectivity index (χ1) is 10.4. The second-order valence-corrected chi connectivity index (χ2v) is 5.48. The van der Waals surface area contributed by atoms with Crippen molar-refractivity contribution in [3.63, 3.8) is 0 Å². The van der Waals surface area contributed by atoms with Gasteiger partial charge in [-0.2, -0.15) is 0 Å². The lowest BCUT2D eigenvalue weighted by atomic mass is 9.92. The number of aliphatic hydroxyl groups is 1. The highest BCUT2D eigenvalue weighted by Crippen LogP contribution is 2.21. The Balaban J connectivity index is 1.94. The average molecular weight is 312 g/mol. The molecular weight excluding hydrogens is 294 g/mol. The van der Waals surface area contributed by atoms with E-state index in [1.54, 1.807) is 6.92 Å². The standard InChI is InChI=1S/C15H18F2N2O3/c1-9(20)10-2-4-19(5-3-10)15(22)14(21)18-13-7-11(16)6-12(17)8-13/h6-10,20H,2-5H2,1H3,(H,18,21). The first kappa shape index (κ1) is 16.4. The summed E-state index contributed by atoms with van der Waals surface area (Å²) in [6.45, 7) is 2.45. The summed E-state index contributed by atoms with van der Waals surface area (Å²) in [5, 5.41) is 11.7. The minimum Gasteiger partial charge on any atom is -0.393 e. The maximum absolute atomic E-state index is 13.0. The molecule has 7 heteroatoms. The molecule has 1 heterocycles. The number of nitrogens with zero attached hydrogens (tertiary/aromatic N) is 1. The Morgan fingerprint density at radius 2 is 1.77 bits per heavy atom. The second-order valence-electron chi connectivity index (χ2n) is 5.48. The summed E-state index contributed by atoms with van der Waals surface area (Å²) in [7, 11) is 0. The molecule has 0 spiro atoms. The predicted octanol–water partition coefficient (Wildman–Crippen LogP) is 1.52. The Morgan fingerprint density at radius 1 is 1.23 bits per heavy atom. The van der Waals surface area contributed by atoms with Crippen LogP contribution in [0.5, 0.6) is 0 Å². The van der Waals surface area contributed by atoms with Crippen molar-refractivity contribution in [2.45, 2.75) is 25.9 Å². The van der Waals surface area contributed by atoms with Gasteiger partial charge in [-0.25, -0.2) is 8.78 Å². The maximum Gasteiger partial charge on any atom is 0.313 e. The summed E-state index contributed by atoms with van der Waals surface area (Å²) in [5.74, 6) is -3.22. The van der Waals surface area contributed by atoms with Crippen LogP contribution >= 0.6 is 0 Å². The summed E-state index contributed by atoms with van der Waals surface area (Å²) in [4.78, 5) is 25.2. The number of carbonyl (C=O) groups is 2. The fourth-order valence-electron chi connectivity index (χ4n) is 2.54. The van der Waals surface area contributed by atoms with Gasteiger partial charge in [-0.1, -0.05) is 0 Å². The van der Waals surface area contributed by atoms with Gasteiger partial charge in [0.1, 0.15) is 11.6 Å². The second kappa shape index (κ2) is 6.83. The van der Waals surface area contributed by atoms with Crippen molar-refractivity contribution in [2.75, 3.05) is 18.4 Å². The van der Waals surface area contributed by atoms with E-state index in [-0.39, 0.29) is 11.6 Å². The van der Waals surface area contributed by atoms with Crippen LogP contribution in [0, 0.1) is 17.6 Å². The molecule has 0 aromatic heterocycles. The molecule has 1 atom stereocenters. The molecule has 5 nitrogen and oxygen atoms in total. The molecular formula is C15H18F2N2O3. The van der Waals surface area contributed by atoms with E-state index in [2.05, 4.69) is 5.32 Å². The van der Waals surface area contributed by atoms with Crippen LogP contribution in [0.25, 0.3) is 0 Å². The van der Waals surface area contributed by atoms with E-state index in [0.717, 1.165) is 12.1 Å². The van der Waals surface area contributed by atoms with Gasteiger partial charge in [0.2, 0.25) is 0 Å². The molecule has 1 fully saturated rings. The molecule has 1 saturated heterocycles. The molecule has 1 unspecified atom stereocenters. The lowest BCUT2D eigenvalue weighted by molar-refractivity contribution is -0.144. The molecule has 1 aliphatic heterocycles. The number of aliphatic hydroxyl groups excluding tert-OH is 1. The third-order valence-corrected chi connectivity index (χ3v) is 3.82. The van der Waals surface area contributed by atoms with E-state index >= 15 is 0 Å². The Morgan fingerprint density at radius 3 is 2.27 bits per heavy atom. The van der Waals surface area contributed by atoms with Gasteiger partial charge < -0.3 is 15.3 Å². The zero-order chi connectivity index (χ0) is 16.3. The van der Waals surface area contributed by atoms with Gasteiger partial charge in [-0.15, -0.1) is 0 Å². The number of hydrogen-bond acceptors (Lipinski definition) is 3. The molecule has 2 rings (SSSR count). The Labute approximate surface area is 126 Å². The number of rotatable bonds is 2. The van der Waals surface area contributed by atoms with Crippen LogP contribution < -0.4 is 5.32 Å². The molecule has 120 valence electrons. The number of anilines is 1. The van der Waals surface area contributed by atoms with Crippen LogP contribution in [-0.2, 0) is 9.59 Å². The fraction of sp³-hybridized carbons (Fsp3) is 0.467. The number of carbonyl (C=O) groups excluding carboxylic acids is 2. The van der Waals surface area contributed by atoms with Gasteiger partial charge in [0.25, 0.3) is 0 Å². The van der Waals surface area contributed by atoms with Crippen LogP contribution in [-0.4, -0.2) is 41.0 Å². The van der Waals surface area contributed by atoms with Crippen LogP contribution in [0.15, 0.2) is 18.2 Å². The summed E-state index contributed by atoms with van der Waals surface area (Å²) < 4.78 is 26.1. The molecule has 0 radical (unpaired) electrons. The summed E-state index contributed by atoms with van der Waals surface area (Å²) in [6.07, 6.45) is 0.790. The van der Waals surface area contributed by atoms with E-state index in [9.17, 15) is 23.5 Å². The lowest BCUT2D eigenvalue weighted by Crippen LogP contribution is -2.45. The van der Waals surface area contributed by atoms with Gasteiger partial charge in [0.05, 0.1) is 6.10 Å². The highest BCUT2D eigenvalue weighted by atomic mass is 19.1. The van der Waals surface area contributed by atoms with Gasteiger partial charge in [0.15, 0.2) is 0 Å². The average Bonchev–Trinajstić information content (AvgIpc) is 2.45. The first-order valence-corrected chi connectivity index (χ1v) is 7.11. The van der Waals surface area contributed by atoms with Gasteiger partial charge in [0, 0.05) is 24.8 Å². The summed E-state index contributed by atoms with van der Waals surface area (Å²) >= 11 is 0. The number of likely N-dealkylation sites (tertiary alicyclic amines) is 1. The van der Waals surface area contributed by atoms with Crippen molar-refractivity contribution in [1.82, 2.24) is 4.90 Å². The molecule has 0 aliphatic carbocycles. The molecule has 22 heavy (non-hydrogen) atoms. The number of hydrogen-bond donors (Lipinski definition) is 2. The quantitative estimate of drug-likeness (QED) is 0.814. The predicted molar refractivity (Wildman–Crippen MR) is 76.0 cm³/mol. The van der Waals surface area contributed by atoms with E-state index in [0.29, 0.717) is 32.0 Å². The molecule has 1 aromatic carbocycles. The third kappa shape index (κ3) is 4.00. The molecule has 1 aliphatic rings. The van der Waals surface area contributed by atoms with E-state index < -0.39 is 29.6 Å². The Bertz CT molecular complexity index is 550. The van der Waals surface area contributed by atoms with Crippen LogP contribution in [0.1, 0.15) is 19.8 Å². The maximum atomic E-state index is 13.0. The van der Waals surface area contributed by atoms with Crippen LogP contribution in [0.4, 0.5) is 14.5 Å². The van der Waals surface area contributed by atoms with Gasteiger partial charge in [-0.05, 0) is 37.8 Å². The van der Waals surface area contributed by atoms with Crippen molar-refractivity contribution < 1.29 is 23.5 Å². The topological polar surface area (TPSA) is 69.6 Å². The number of halogens is 2. The van der Waals surface area contributed by atoms with Gasteiger partial charge in [-0.3, -0.25) is 9.59 Å². The van der Waals surface area contributed by atoms with Crippen molar-refractivity contribution in [3.8, 4) is 0 Å².